The molecule has 5 aromatic rings. The largest absolute Gasteiger partial charge is 0.487 e. The summed E-state index contributed by atoms with van der Waals surface area (Å²) in [6, 6.07) is 20.4. The summed E-state index contributed by atoms with van der Waals surface area (Å²) in [7, 11) is -1.74. The monoisotopic (exact) mass is 698 g/mol. The molecule has 0 saturated carbocycles. The summed E-state index contributed by atoms with van der Waals surface area (Å²) in [5, 5.41) is 12.2. The van der Waals surface area contributed by atoms with Gasteiger partial charge in [-0.1, -0.05) is 48.5 Å². The Hall–Kier alpha value is -4.49. The van der Waals surface area contributed by atoms with Crippen LogP contribution in [0, 0.1) is 13.8 Å². The summed E-state index contributed by atoms with van der Waals surface area (Å²) < 4.78 is 34.7. The number of aromatic nitrogens is 4. The number of nitrogens with zero attached hydrogens (tertiary/aromatic N) is 5. The van der Waals surface area contributed by atoms with Gasteiger partial charge in [0, 0.05) is 43.9 Å². The van der Waals surface area contributed by atoms with Crippen LogP contribution in [-0.4, -0.2) is 57.1 Å². The SMILES string of the molecule is CCC1CN(Cc2cc([C@@H](c3ccc4c(nnn4CC)c3C)C(C)(C)NC(=O)c3ccc(=O)n(C)c3)ccc2C)S(O)(O)c2ccccc2O1. The van der Waals surface area contributed by atoms with E-state index in [2.05, 4.69) is 39.9 Å². The fourth-order valence-corrected chi connectivity index (χ4v) is 8.56. The van der Waals surface area contributed by atoms with Gasteiger partial charge < -0.3 is 14.6 Å². The third-order valence-corrected chi connectivity index (χ3v) is 11.7. The first-order valence-corrected chi connectivity index (χ1v) is 18.5. The summed E-state index contributed by atoms with van der Waals surface area (Å²) in [5.41, 5.74) is 5.87. The molecule has 2 atom stereocenters. The number of pyridine rings is 1. The summed E-state index contributed by atoms with van der Waals surface area (Å²) in [6.45, 7) is 13.4. The van der Waals surface area contributed by atoms with Crippen molar-refractivity contribution >= 4 is 27.7 Å². The Morgan fingerprint density at radius 2 is 1.84 bits per heavy atom. The normalized spacial score (nSPS) is 17.4. The second-order valence-electron chi connectivity index (χ2n) is 13.7. The van der Waals surface area contributed by atoms with E-state index >= 15 is 0 Å². The molecule has 1 aliphatic rings. The van der Waals surface area contributed by atoms with Crippen LogP contribution in [0.25, 0.3) is 11.0 Å². The van der Waals surface area contributed by atoms with Gasteiger partial charge in [0.1, 0.15) is 22.3 Å². The molecule has 0 fully saturated rings. The van der Waals surface area contributed by atoms with Crippen molar-refractivity contribution in [3.05, 3.63) is 117 Å². The molecule has 1 aliphatic heterocycles. The summed E-state index contributed by atoms with van der Waals surface area (Å²) in [6.07, 6.45) is 2.02. The molecule has 11 nitrogen and oxygen atoms in total. The Kier molecular flexibility index (Phi) is 9.66. The van der Waals surface area contributed by atoms with Gasteiger partial charge in [-0.05, 0) is 93.1 Å². The molecule has 0 bridgehead atoms. The van der Waals surface area contributed by atoms with Crippen LogP contribution in [0.2, 0.25) is 0 Å². The van der Waals surface area contributed by atoms with Crippen molar-refractivity contribution in [2.75, 3.05) is 6.54 Å². The van der Waals surface area contributed by atoms with Crippen LogP contribution in [0.1, 0.15) is 78.2 Å². The number of carbonyl (C=O) groups is 1. The maximum atomic E-state index is 13.8. The third-order valence-electron chi connectivity index (χ3n) is 9.81. The molecule has 2 aromatic heterocycles. The first-order chi connectivity index (χ1) is 23.7. The first-order valence-electron chi connectivity index (χ1n) is 17.0. The van der Waals surface area contributed by atoms with Crippen LogP contribution in [-0.2, 0) is 20.1 Å². The molecule has 0 saturated heterocycles. The van der Waals surface area contributed by atoms with Gasteiger partial charge in [-0.3, -0.25) is 18.7 Å². The van der Waals surface area contributed by atoms with Gasteiger partial charge in [0.2, 0.25) is 5.56 Å². The molecule has 6 rings (SSSR count). The van der Waals surface area contributed by atoms with E-state index < -0.39 is 16.3 Å². The van der Waals surface area contributed by atoms with E-state index in [0.29, 0.717) is 35.7 Å². The van der Waals surface area contributed by atoms with Crippen LogP contribution in [0.15, 0.2) is 82.6 Å². The van der Waals surface area contributed by atoms with Crippen LogP contribution in [0.4, 0.5) is 0 Å². The van der Waals surface area contributed by atoms with Crippen molar-refractivity contribution in [3.8, 4) is 5.75 Å². The van der Waals surface area contributed by atoms with Crippen molar-refractivity contribution < 1.29 is 18.6 Å². The number of hydrogen-bond donors (Lipinski definition) is 3. The topological polar surface area (TPSA) is 135 Å². The van der Waals surface area contributed by atoms with E-state index in [1.165, 1.54) is 22.9 Å². The van der Waals surface area contributed by atoms with E-state index in [-0.39, 0.29) is 30.0 Å². The molecule has 0 radical (unpaired) electrons. The lowest BCUT2D eigenvalue weighted by Gasteiger charge is -2.42. The van der Waals surface area contributed by atoms with Gasteiger partial charge in [-0.25, -0.2) is 4.68 Å². The zero-order valence-electron chi connectivity index (χ0n) is 29.7. The van der Waals surface area contributed by atoms with Crippen molar-refractivity contribution in [2.24, 2.45) is 7.05 Å². The molecule has 3 N–H and O–H groups in total. The van der Waals surface area contributed by atoms with Crippen molar-refractivity contribution in [1.29, 1.82) is 0 Å². The Labute approximate surface area is 294 Å². The highest BCUT2D eigenvalue weighted by molar-refractivity contribution is 8.22. The minimum Gasteiger partial charge on any atom is -0.487 e. The zero-order chi connectivity index (χ0) is 36.0. The van der Waals surface area contributed by atoms with Crippen molar-refractivity contribution in [3.63, 3.8) is 0 Å². The zero-order valence-corrected chi connectivity index (χ0v) is 30.5. The molecule has 1 amide bonds. The Bertz CT molecular complexity index is 2120. The van der Waals surface area contributed by atoms with Gasteiger partial charge in [-0.15, -0.1) is 15.9 Å². The molecule has 264 valence electrons. The van der Waals surface area contributed by atoms with Gasteiger partial charge in [0.25, 0.3) is 5.91 Å². The van der Waals surface area contributed by atoms with Gasteiger partial charge in [-0.2, -0.15) is 4.31 Å². The van der Waals surface area contributed by atoms with Crippen LogP contribution < -0.4 is 15.6 Å². The molecule has 50 heavy (non-hydrogen) atoms. The predicted octanol–water partition coefficient (Wildman–Crippen LogP) is 6.80. The number of carbonyl (C=O) groups excluding carboxylic acids is 1. The fourth-order valence-electron chi connectivity index (χ4n) is 6.94. The van der Waals surface area contributed by atoms with E-state index in [4.69, 9.17) is 4.74 Å². The molecule has 3 heterocycles. The minimum absolute atomic E-state index is 0.198. The van der Waals surface area contributed by atoms with Crippen LogP contribution in [0.3, 0.4) is 0 Å². The molecular weight excluding hydrogens is 653 g/mol. The third kappa shape index (κ3) is 6.56. The Morgan fingerprint density at radius 1 is 1.08 bits per heavy atom. The molecule has 0 aliphatic carbocycles. The lowest BCUT2D eigenvalue weighted by molar-refractivity contribution is 0.0905. The quantitative estimate of drug-likeness (QED) is 0.153. The average Bonchev–Trinajstić information content (AvgIpc) is 3.47. The Morgan fingerprint density at radius 3 is 2.56 bits per heavy atom. The molecule has 0 spiro atoms. The number of aryl methyl sites for hydroxylation is 4. The maximum Gasteiger partial charge on any atom is 0.253 e. The first kappa shape index (κ1) is 35.3. The minimum atomic E-state index is -3.37. The van der Waals surface area contributed by atoms with Gasteiger partial charge >= 0.3 is 0 Å². The van der Waals surface area contributed by atoms with E-state index in [1.807, 2.05) is 58.4 Å². The number of benzene rings is 3. The number of ether oxygens (including phenoxy) is 1. The molecule has 3 aromatic carbocycles. The van der Waals surface area contributed by atoms with Crippen LogP contribution >= 0.6 is 10.8 Å². The fraction of sp³-hybridized carbons (Fsp3) is 0.368. The average molecular weight is 699 g/mol. The van der Waals surface area contributed by atoms with Gasteiger partial charge in [0.05, 0.1) is 17.6 Å². The van der Waals surface area contributed by atoms with E-state index in [9.17, 15) is 18.7 Å². The lowest BCUT2D eigenvalue weighted by Crippen LogP contribution is -2.48. The Balaban J connectivity index is 1.45. The second-order valence-corrected chi connectivity index (χ2v) is 15.6. The lowest BCUT2D eigenvalue weighted by atomic mass is 9.74. The highest BCUT2D eigenvalue weighted by Crippen LogP contribution is 2.57. The summed E-state index contributed by atoms with van der Waals surface area (Å²) >= 11 is 0. The number of amides is 1. The van der Waals surface area contributed by atoms with E-state index in [1.54, 1.807) is 29.6 Å². The summed E-state index contributed by atoms with van der Waals surface area (Å²) in [5.74, 6) is -0.165. The molecule has 12 heteroatoms. The highest BCUT2D eigenvalue weighted by Gasteiger charge is 2.38. The second kappa shape index (κ2) is 13.7. The van der Waals surface area contributed by atoms with Crippen LogP contribution in [0.5, 0.6) is 5.75 Å². The predicted molar refractivity (Wildman–Crippen MR) is 197 cm³/mol. The smallest absolute Gasteiger partial charge is 0.253 e. The van der Waals surface area contributed by atoms with E-state index in [0.717, 1.165) is 38.9 Å². The van der Waals surface area contributed by atoms with Crippen molar-refractivity contribution in [2.45, 2.75) is 83.5 Å². The molecule has 1 unspecified atom stereocenters. The number of rotatable bonds is 9. The maximum absolute atomic E-state index is 13.8. The number of nitrogens with one attached hydrogen (secondary N) is 1. The number of fused-ring (bicyclic) bond motifs is 2. The van der Waals surface area contributed by atoms with Gasteiger partial charge in [0.15, 0.2) is 0 Å². The number of hydrogen-bond acceptors (Lipinski definition) is 8. The number of para-hydroxylation sites is 1. The standard InChI is InChI=1S/C38H46N6O5S/c1-8-29-23-43(50(47,48)33-13-11-10-12-32(33)49-29)22-28-20-26(15-14-24(28)3)35(30-17-18-31-36(25(30)4)40-41-44(31)9-2)38(5,6)39-37(46)27-16-19-34(45)42(7)21-27/h10-21,29,35,47-48H,8-9,22-23H2,1-7H3,(H,39,46)/t29?,35-/m0/s1. The van der Waals surface area contributed by atoms with Crippen molar-refractivity contribution in [1.82, 2.24) is 29.2 Å². The summed E-state index contributed by atoms with van der Waals surface area (Å²) in [4.78, 5) is 26.2. The molecular formula is C38H46N6O5S. The highest BCUT2D eigenvalue weighted by atomic mass is 32.3.